The minimum atomic E-state index is -0.407. The van der Waals surface area contributed by atoms with Crippen LogP contribution in [0.25, 0.3) is 0 Å². The Morgan fingerprint density at radius 2 is 2.15 bits per heavy atom. The van der Waals surface area contributed by atoms with Crippen LogP contribution in [0.4, 0.5) is 11.4 Å². The molecule has 0 radical (unpaired) electrons. The molecule has 0 aliphatic carbocycles. The number of anilines is 1. The molecule has 0 saturated heterocycles. The third kappa shape index (κ3) is 1.98. The molecule has 1 aromatic carbocycles. The number of nitrogens with zero attached hydrogens (tertiary/aromatic N) is 1. The van der Waals surface area contributed by atoms with E-state index in [1.807, 2.05) is 6.92 Å². The summed E-state index contributed by atoms with van der Waals surface area (Å²) in [6.45, 7) is 1.88. The highest BCUT2D eigenvalue weighted by Gasteiger charge is 2.17. The van der Waals surface area contributed by atoms with Gasteiger partial charge in [-0.3, -0.25) is 10.1 Å². The van der Waals surface area contributed by atoms with E-state index < -0.39 is 4.92 Å². The van der Waals surface area contributed by atoms with E-state index in [-0.39, 0.29) is 5.69 Å². The van der Waals surface area contributed by atoms with Gasteiger partial charge >= 0.3 is 5.69 Å². The number of halogens is 1. The molecule has 0 unspecified atom stereocenters. The minimum absolute atomic E-state index is 0.0769. The Morgan fingerprint density at radius 1 is 1.54 bits per heavy atom. The lowest BCUT2D eigenvalue weighted by Crippen LogP contribution is -1.98. The van der Waals surface area contributed by atoms with Crippen LogP contribution in [0, 0.1) is 17.0 Å². The van der Waals surface area contributed by atoms with Gasteiger partial charge in [-0.15, -0.1) is 0 Å². The smallest absolute Gasteiger partial charge is 0.306 e. The number of rotatable bonds is 2. The molecule has 4 nitrogen and oxygen atoms in total. The van der Waals surface area contributed by atoms with Gasteiger partial charge in [0.15, 0.2) is 0 Å². The summed E-state index contributed by atoms with van der Waals surface area (Å²) in [5, 5.41) is 13.4. The summed E-state index contributed by atoms with van der Waals surface area (Å²) in [6, 6.07) is 3.46. The highest BCUT2D eigenvalue weighted by atomic mass is 79.9. The average molecular weight is 245 g/mol. The van der Waals surface area contributed by atoms with Gasteiger partial charge in [-0.2, -0.15) is 0 Å². The Hall–Kier alpha value is -1.10. The van der Waals surface area contributed by atoms with Gasteiger partial charge in [0.05, 0.1) is 9.40 Å². The maximum Gasteiger partial charge on any atom is 0.306 e. The molecule has 0 aromatic heterocycles. The summed E-state index contributed by atoms with van der Waals surface area (Å²) in [5.74, 6) is 0. The van der Waals surface area contributed by atoms with E-state index in [1.54, 1.807) is 19.2 Å². The molecule has 1 aromatic rings. The van der Waals surface area contributed by atoms with Crippen molar-refractivity contribution in [2.24, 2.45) is 0 Å². The maximum atomic E-state index is 10.6. The SMILES string of the molecule is CNc1cc(C)cc(Br)c1[N+](=O)[O-]. The number of nitro groups is 1. The first-order valence-corrected chi connectivity index (χ1v) is 4.48. The monoisotopic (exact) mass is 244 g/mol. The maximum absolute atomic E-state index is 10.6. The standard InChI is InChI=1S/C8H9BrN2O2/c1-5-3-6(9)8(11(12)13)7(4-5)10-2/h3-4,10H,1-2H3. The molecule has 0 spiro atoms. The number of nitro benzene ring substituents is 1. The van der Waals surface area contributed by atoms with Crippen LogP contribution >= 0.6 is 15.9 Å². The Balaban J connectivity index is 3.38. The second kappa shape index (κ2) is 3.74. The highest BCUT2D eigenvalue weighted by molar-refractivity contribution is 9.10. The molecule has 0 fully saturated rings. The van der Waals surface area contributed by atoms with Crippen LogP contribution < -0.4 is 5.32 Å². The second-order valence-electron chi connectivity index (χ2n) is 2.65. The van der Waals surface area contributed by atoms with E-state index in [0.717, 1.165) is 5.56 Å². The predicted octanol–water partition coefficient (Wildman–Crippen LogP) is 2.71. The van der Waals surface area contributed by atoms with Gasteiger partial charge < -0.3 is 5.32 Å². The summed E-state index contributed by atoms with van der Waals surface area (Å²) in [6.07, 6.45) is 0. The highest BCUT2D eigenvalue weighted by Crippen LogP contribution is 2.33. The molecule has 5 heteroatoms. The average Bonchev–Trinajstić information content (AvgIpc) is 2.01. The van der Waals surface area contributed by atoms with Crippen LogP contribution in [0.5, 0.6) is 0 Å². The molecule has 0 aliphatic heterocycles. The quantitative estimate of drug-likeness (QED) is 0.643. The fourth-order valence-electron chi connectivity index (χ4n) is 1.11. The van der Waals surface area contributed by atoms with Gasteiger partial charge in [0.2, 0.25) is 0 Å². The molecule has 13 heavy (non-hydrogen) atoms. The largest absolute Gasteiger partial charge is 0.383 e. The molecule has 0 aliphatic rings. The van der Waals surface area contributed by atoms with Gasteiger partial charge in [-0.05, 0) is 40.5 Å². The third-order valence-electron chi connectivity index (χ3n) is 1.66. The van der Waals surface area contributed by atoms with E-state index in [0.29, 0.717) is 10.2 Å². The van der Waals surface area contributed by atoms with Crippen molar-refractivity contribution in [3.8, 4) is 0 Å². The number of hydrogen-bond acceptors (Lipinski definition) is 3. The first-order chi connectivity index (χ1) is 6.06. The van der Waals surface area contributed by atoms with Crippen molar-refractivity contribution in [3.63, 3.8) is 0 Å². The van der Waals surface area contributed by atoms with Gasteiger partial charge in [0.25, 0.3) is 0 Å². The van der Waals surface area contributed by atoms with Crippen molar-refractivity contribution in [1.29, 1.82) is 0 Å². The molecular formula is C8H9BrN2O2. The first-order valence-electron chi connectivity index (χ1n) is 3.68. The Kier molecular flexibility index (Phi) is 2.87. The molecule has 1 N–H and O–H groups in total. The number of hydrogen-bond donors (Lipinski definition) is 1. The van der Waals surface area contributed by atoms with Crippen molar-refractivity contribution in [3.05, 3.63) is 32.3 Å². The summed E-state index contributed by atoms with van der Waals surface area (Å²) in [4.78, 5) is 10.2. The zero-order valence-electron chi connectivity index (χ0n) is 7.30. The van der Waals surface area contributed by atoms with Crippen LogP contribution in [0.1, 0.15) is 5.56 Å². The van der Waals surface area contributed by atoms with Gasteiger partial charge in [-0.25, -0.2) is 0 Å². The van der Waals surface area contributed by atoms with Crippen LogP contribution in [0.3, 0.4) is 0 Å². The fourth-order valence-corrected chi connectivity index (χ4v) is 1.83. The van der Waals surface area contributed by atoms with E-state index in [4.69, 9.17) is 0 Å². The van der Waals surface area contributed by atoms with E-state index in [1.165, 1.54) is 0 Å². The van der Waals surface area contributed by atoms with Crippen molar-refractivity contribution < 1.29 is 4.92 Å². The Morgan fingerprint density at radius 3 is 2.62 bits per heavy atom. The summed E-state index contributed by atoms with van der Waals surface area (Å²) < 4.78 is 0.502. The third-order valence-corrected chi connectivity index (χ3v) is 2.26. The molecule has 0 amide bonds. The summed E-state index contributed by atoms with van der Waals surface area (Å²) in [7, 11) is 1.66. The second-order valence-corrected chi connectivity index (χ2v) is 3.50. The normalized spacial score (nSPS) is 9.77. The number of nitrogens with one attached hydrogen (secondary N) is 1. The van der Waals surface area contributed by atoms with Gasteiger partial charge in [0.1, 0.15) is 5.69 Å². The Bertz CT molecular complexity index is 352. The number of benzene rings is 1. The lowest BCUT2D eigenvalue weighted by Gasteiger charge is -2.04. The molecule has 1 rings (SSSR count). The fraction of sp³-hybridized carbons (Fsp3) is 0.250. The summed E-state index contributed by atoms with van der Waals surface area (Å²) >= 11 is 3.16. The lowest BCUT2D eigenvalue weighted by molar-refractivity contribution is -0.384. The van der Waals surface area contributed by atoms with Crippen molar-refractivity contribution >= 4 is 27.3 Å². The molecular weight excluding hydrogens is 236 g/mol. The van der Waals surface area contributed by atoms with Crippen molar-refractivity contribution in [2.75, 3.05) is 12.4 Å². The number of aryl methyl sites for hydroxylation is 1. The van der Waals surface area contributed by atoms with E-state index >= 15 is 0 Å². The van der Waals surface area contributed by atoms with Crippen LogP contribution in [0.15, 0.2) is 16.6 Å². The predicted molar refractivity (Wildman–Crippen MR) is 55.1 cm³/mol. The van der Waals surface area contributed by atoms with E-state index in [9.17, 15) is 10.1 Å². The van der Waals surface area contributed by atoms with Crippen LogP contribution in [-0.4, -0.2) is 12.0 Å². The molecule has 0 heterocycles. The topological polar surface area (TPSA) is 55.2 Å². The molecule has 0 atom stereocenters. The zero-order valence-corrected chi connectivity index (χ0v) is 8.88. The molecule has 0 bridgehead atoms. The molecule has 0 saturated carbocycles. The van der Waals surface area contributed by atoms with E-state index in [2.05, 4.69) is 21.2 Å². The van der Waals surface area contributed by atoms with Crippen LogP contribution in [-0.2, 0) is 0 Å². The molecule has 70 valence electrons. The summed E-state index contributed by atoms with van der Waals surface area (Å²) in [5.41, 5.74) is 1.58. The van der Waals surface area contributed by atoms with Gasteiger partial charge in [-0.1, -0.05) is 0 Å². The van der Waals surface area contributed by atoms with Crippen LogP contribution in [0.2, 0.25) is 0 Å². The Labute approximate surface area is 84.2 Å². The lowest BCUT2D eigenvalue weighted by atomic mass is 10.2. The van der Waals surface area contributed by atoms with Crippen molar-refractivity contribution in [1.82, 2.24) is 0 Å². The first kappa shape index (κ1) is 9.98. The minimum Gasteiger partial charge on any atom is -0.383 e. The van der Waals surface area contributed by atoms with Gasteiger partial charge in [0, 0.05) is 7.05 Å². The zero-order chi connectivity index (χ0) is 10.0. The van der Waals surface area contributed by atoms with Crippen molar-refractivity contribution in [2.45, 2.75) is 6.92 Å².